The van der Waals surface area contributed by atoms with Crippen LogP contribution in [-0.4, -0.2) is 60.5 Å². The molecule has 0 bridgehead atoms. The van der Waals surface area contributed by atoms with E-state index < -0.39 is 30.4 Å². The van der Waals surface area contributed by atoms with Crippen LogP contribution in [0.4, 0.5) is 5.82 Å². The molecule has 10 heteroatoms. The third-order valence-corrected chi connectivity index (χ3v) is 4.42. The summed E-state index contributed by atoms with van der Waals surface area (Å²) in [5, 5.41) is 23.2. The number of aliphatic hydroxyl groups excluding tert-OH is 2. The minimum Gasteiger partial charge on any atom is -0.387 e. The van der Waals surface area contributed by atoms with E-state index in [4.69, 9.17) is 10.5 Å². The van der Waals surface area contributed by atoms with Gasteiger partial charge in [-0.15, -0.1) is 0 Å². The van der Waals surface area contributed by atoms with Gasteiger partial charge in [-0.2, -0.15) is 0 Å². The van der Waals surface area contributed by atoms with Crippen molar-refractivity contribution >= 4 is 22.9 Å². The summed E-state index contributed by atoms with van der Waals surface area (Å²) in [6, 6.07) is 0. The van der Waals surface area contributed by atoms with E-state index in [1.165, 1.54) is 17.2 Å². The minimum atomic E-state index is -1.34. The minimum absolute atomic E-state index is 0.200. The Kier molecular flexibility index (Phi) is 3.59. The van der Waals surface area contributed by atoms with E-state index in [0.29, 0.717) is 23.6 Å². The van der Waals surface area contributed by atoms with Gasteiger partial charge in [0, 0.05) is 6.54 Å². The van der Waals surface area contributed by atoms with Crippen molar-refractivity contribution in [3.63, 3.8) is 0 Å². The highest BCUT2D eigenvalue weighted by molar-refractivity contribution is 5.82. The molecule has 2 fully saturated rings. The molecule has 0 spiro atoms. The molecular weight excluding hydrogens is 316 g/mol. The van der Waals surface area contributed by atoms with Gasteiger partial charge in [0.15, 0.2) is 23.8 Å². The molecule has 128 valence electrons. The number of hydrogen-bond donors (Lipinski definition) is 4. The van der Waals surface area contributed by atoms with Crippen molar-refractivity contribution in [2.45, 2.75) is 37.4 Å². The normalized spacial score (nSPS) is 29.9. The Balaban J connectivity index is 1.56. The number of nitrogen functional groups attached to an aromatic ring is 1. The summed E-state index contributed by atoms with van der Waals surface area (Å²) in [5.41, 5.74) is 6.46. The third kappa shape index (κ3) is 2.48. The number of nitrogens with zero attached hydrogens (tertiary/aromatic N) is 4. The van der Waals surface area contributed by atoms with Crippen LogP contribution in [-0.2, 0) is 9.53 Å². The molecule has 1 amide bonds. The van der Waals surface area contributed by atoms with Gasteiger partial charge in [-0.1, -0.05) is 0 Å². The maximum absolute atomic E-state index is 12.2. The fourth-order valence-electron chi connectivity index (χ4n) is 2.83. The number of anilines is 1. The number of amides is 1. The quantitative estimate of drug-likeness (QED) is 0.531. The molecule has 24 heavy (non-hydrogen) atoms. The molecule has 2 aliphatic rings. The average Bonchev–Trinajstić information content (AvgIpc) is 3.23. The SMILES string of the molecule is Nc1ncnc2c1ncn2[C@@H]1O[C@H](C(=O)NCC2CC2)[C@@H](O)[C@H]1O. The molecule has 3 heterocycles. The van der Waals surface area contributed by atoms with Gasteiger partial charge < -0.3 is 26.0 Å². The monoisotopic (exact) mass is 334 g/mol. The first kappa shape index (κ1) is 15.2. The zero-order chi connectivity index (χ0) is 16.8. The molecule has 1 saturated heterocycles. The predicted molar refractivity (Wildman–Crippen MR) is 81.4 cm³/mol. The Morgan fingerprint density at radius 1 is 1.33 bits per heavy atom. The molecular formula is C14H18N6O4. The topological polar surface area (TPSA) is 148 Å². The lowest BCUT2D eigenvalue weighted by Crippen LogP contribution is -2.43. The van der Waals surface area contributed by atoms with Crippen molar-refractivity contribution in [3.8, 4) is 0 Å². The summed E-state index contributed by atoms with van der Waals surface area (Å²) in [4.78, 5) is 24.2. The van der Waals surface area contributed by atoms with Gasteiger partial charge in [-0.3, -0.25) is 9.36 Å². The van der Waals surface area contributed by atoms with E-state index >= 15 is 0 Å². The summed E-state index contributed by atoms with van der Waals surface area (Å²) < 4.78 is 7.04. The maximum atomic E-state index is 12.2. The zero-order valence-corrected chi connectivity index (χ0v) is 12.7. The number of aromatic nitrogens is 4. The van der Waals surface area contributed by atoms with Crippen molar-refractivity contribution in [2.24, 2.45) is 5.92 Å². The van der Waals surface area contributed by atoms with Gasteiger partial charge in [-0.05, 0) is 18.8 Å². The van der Waals surface area contributed by atoms with Crippen molar-refractivity contribution in [2.75, 3.05) is 12.3 Å². The number of carbonyl (C=O) groups is 1. The van der Waals surface area contributed by atoms with Crippen LogP contribution in [0.3, 0.4) is 0 Å². The van der Waals surface area contributed by atoms with Crippen LogP contribution in [0.15, 0.2) is 12.7 Å². The molecule has 5 N–H and O–H groups in total. The van der Waals surface area contributed by atoms with Crippen LogP contribution < -0.4 is 11.1 Å². The first-order valence-electron chi connectivity index (χ1n) is 7.78. The maximum Gasteiger partial charge on any atom is 0.252 e. The molecule has 2 aromatic rings. The molecule has 2 aromatic heterocycles. The Hall–Kier alpha value is -2.30. The second-order valence-electron chi connectivity index (χ2n) is 6.20. The smallest absolute Gasteiger partial charge is 0.252 e. The van der Waals surface area contributed by atoms with Gasteiger partial charge in [0.2, 0.25) is 0 Å². The lowest BCUT2D eigenvalue weighted by Gasteiger charge is -2.16. The second-order valence-corrected chi connectivity index (χ2v) is 6.20. The number of aliphatic hydroxyl groups is 2. The summed E-state index contributed by atoms with van der Waals surface area (Å²) in [6.07, 6.45) is 0.0788. The first-order valence-corrected chi connectivity index (χ1v) is 7.78. The van der Waals surface area contributed by atoms with Crippen LogP contribution in [0.2, 0.25) is 0 Å². The van der Waals surface area contributed by atoms with Gasteiger partial charge in [0.25, 0.3) is 5.91 Å². The largest absolute Gasteiger partial charge is 0.387 e. The van der Waals surface area contributed by atoms with E-state index in [1.807, 2.05) is 0 Å². The van der Waals surface area contributed by atoms with Crippen LogP contribution >= 0.6 is 0 Å². The number of imidazole rings is 1. The van der Waals surface area contributed by atoms with E-state index in [2.05, 4.69) is 20.3 Å². The third-order valence-electron chi connectivity index (χ3n) is 4.42. The Bertz CT molecular complexity index is 776. The fourth-order valence-corrected chi connectivity index (χ4v) is 2.83. The van der Waals surface area contributed by atoms with E-state index in [9.17, 15) is 15.0 Å². The highest BCUT2D eigenvalue weighted by Gasteiger charge is 2.47. The number of hydrogen-bond acceptors (Lipinski definition) is 8. The first-order chi connectivity index (χ1) is 11.6. The molecule has 0 radical (unpaired) electrons. The Morgan fingerprint density at radius 3 is 2.88 bits per heavy atom. The van der Waals surface area contributed by atoms with Crippen LogP contribution in [0, 0.1) is 5.92 Å². The Labute approximate surface area is 136 Å². The van der Waals surface area contributed by atoms with E-state index in [1.54, 1.807) is 0 Å². The van der Waals surface area contributed by atoms with Crippen LogP contribution in [0.25, 0.3) is 11.2 Å². The van der Waals surface area contributed by atoms with E-state index in [0.717, 1.165) is 12.8 Å². The van der Waals surface area contributed by atoms with Gasteiger partial charge in [0.05, 0.1) is 6.33 Å². The lowest BCUT2D eigenvalue weighted by atomic mass is 10.1. The molecule has 0 unspecified atom stereocenters. The van der Waals surface area contributed by atoms with Crippen LogP contribution in [0.5, 0.6) is 0 Å². The predicted octanol–water partition coefficient (Wildman–Crippen LogP) is -1.45. The molecule has 1 aliphatic carbocycles. The highest BCUT2D eigenvalue weighted by Crippen LogP contribution is 2.32. The summed E-state index contributed by atoms with van der Waals surface area (Å²) in [6.45, 7) is 0.559. The molecule has 10 nitrogen and oxygen atoms in total. The average molecular weight is 334 g/mol. The van der Waals surface area contributed by atoms with Gasteiger partial charge in [0.1, 0.15) is 24.1 Å². The second kappa shape index (κ2) is 5.65. The van der Waals surface area contributed by atoms with Crippen molar-refractivity contribution in [3.05, 3.63) is 12.7 Å². The van der Waals surface area contributed by atoms with Crippen molar-refractivity contribution in [1.29, 1.82) is 0 Å². The molecule has 4 rings (SSSR count). The number of nitrogens with one attached hydrogen (secondary N) is 1. The standard InChI is InChI=1S/C14H18N6O4/c15-11-7-12(18-4-17-11)20(5-19-7)14-9(22)8(21)10(24-14)13(23)16-3-6-1-2-6/h4-6,8-10,14,21-22H,1-3H2,(H,16,23)(H2,15,17,18)/t8-,9+,10-,14+/m0/s1. The number of nitrogens with two attached hydrogens (primary N) is 1. The number of fused-ring (bicyclic) bond motifs is 1. The summed E-state index contributed by atoms with van der Waals surface area (Å²) in [7, 11) is 0. The summed E-state index contributed by atoms with van der Waals surface area (Å²) in [5.74, 6) is 0.269. The molecule has 0 aromatic carbocycles. The van der Waals surface area contributed by atoms with Gasteiger partial charge >= 0.3 is 0 Å². The van der Waals surface area contributed by atoms with E-state index in [-0.39, 0.29) is 5.82 Å². The van der Waals surface area contributed by atoms with Crippen LogP contribution in [0.1, 0.15) is 19.1 Å². The summed E-state index contributed by atoms with van der Waals surface area (Å²) >= 11 is 0. The zero-order valence-electron chi connectivity index (χ0n) is 12.7. The van der Waals surface area contributed by atoms with Crippen molar-refractivity contribution < 1.29 is 19.7 Å². The van der Waals surface area contributed by atoms with Crippen molar-refractivity contribution in [1.82, 2.24) is 24.8 Å². The molecule has 1 aliphatic heterocycles. The number of carbonyl (C=O) groups excluding carboxylic acids is 1. The van der Waals surface area contributed by atoms with Gasteiger partial charge in [-0.25, -0.2) is 15.0 Å². The lowest BCUT2D eigenvalue weighted by molar-refractivity contribution is -0.137. The fraction of sp³-hybridized carbons (Fsp3) is 0.571. The number of rotatable bonds is 4. The molecule has 1 saturated carbocycles. The highest BCUT2D eigenvalue weighted by atomic mass is 16.6. The Morgan fingerprint density at radius 2 is 2.12 bits per heavy atom. The number of ether oxygens (including phenoxy) is 1. The molecule has 4 atom stereocenters.